The molecule has 19 heavy (non-hydrogen) atoms. The van der Waals surface area contributed by atoms with Gasteiger partial charge in [-0.2, -0.15) is 13.2 Å². The predicted molar refractivity (Wildman–Crippen MR) is 59.3 cm³/mol. The molecule has 6 nitrogen and oxygen atoms in total. The summed E-state index contributed by atoms with van der Waals surface area (Å²) in [5.74, 6) is -2.42. The van der Waals surface area contributed by atoms with E-state index in [2.05, 4.69) is 20.7 Å². The fourth-order valence-electron chi connectivity index (χ4n) is 1.19. The van der Waals surface area contributed by atoms with Crippen LogP contribution in [0.3, 0.4) is 0 Å². The van der Waals surface area contributed by atoms with Gasteiger partial charge in [0.2, 0.25) is 5.75 Å². The van der Waals surface area contributed by atoms with E-state index in [1.165, 1.54) is 0 Å². The van der Waals surface area contributed by atoms with Crippen molar-refractivity contribution in [3.63, 3.8) is 0 Å². The fourth-order valence-corrected chi connectivity index (χ4v) is 1.63. The van der Waals surface area contributed by atoms with Crippen molar-refractivity contribution in [2.75, 3.05) is 6.61 Å². The summed E-state index contributed by atoms with van der Waals surface area (Å²) in [6.07, 6.45) is -4.70. The largest absolute Gasteiger partial charge is 0.477 e. The Morgan fingerprint density at radius 2 is 2.05 bits per heavy atom. The number of aromatic carboxylic acids is 1. The number of nitro benzene ring substituents is 1. The maximum atomic E-state index is 12.0. The molecule has 0 radical (unpaired) electrons. The van der Waals surface area contributed by atoms with Crippen LogP contribution in [-0.4, -0.2) is 28.8 Å². The van der Waals surface area contributed by atoms with Gasteiger partial charge in [0.25, 0.3) is 0 Å². The van der Waals surface area contributed by atoms with E-state index >= 15 is 0 Å². The van der Waals surface area contributed by atoms with Crippen LogP contribution in [0.25, 0.3) is 0 Å². The fraction of sp³-hybridized carbons (Fsp3) is 0.222. The highest BCUT2D eigenvalue weighted by Crippen LogP contribution is 2.38. The van der Waals surface area contributed by atoms with E-state index in [1.807, 2.05) is 0 Å². The molecule has 0 heterocycles. The number of nitro groups is 1. The second-order valence-corrected chi connectivity index (χ2v) is 4.09. The van der Waals surface area contributed by atoms with E-state index in [9.17, 15) is 28.1 Å². The van der Waals surface area contributed by atoms with Gasteiger partial charge in [-0.05, 0) is 28.1 Å². The van der Waals surface area contributed by atoms with Gasteiger partial charge in [-0.15, -0.1) is 0 Å². The molecule has 0 aliphatic rings. The summed E-state index contributed by atoms with van der Waals surface area (Å²) < 4.78 is 40.3. The molecule has 104 valence electrons. The van der Waals surface area contributed by atoms with Crippen molar-refractivity contribution < 1.29 is 32.7 Å². The number of carboxylic acid groups (broad SMARTS) is 1. The Morgan fingerprint density at radius 1 is 1.47 bits per heavy atom. The van der Waals surface area contributed by atoms with Crippen LogP contribution in [-0.2, 0) is 0 Å². The summed E-state index contributed by atoms with van der Waals surface area (Å²) in [6, 6.07) is 1.95. The first kappa shape index (κ1) is 15.2. The maximum Gasteiger partial charge on any atom is 0.422 e. The van der Waals surface area contributed by atoms with E-state index in [1.54, 1.807) is 0 Å². The SMILES string of the molecule is O=C(O)c1ccc(Br)c(OCC(F)(F)F)c1[N+](=O)[O-]. The number of halogens is 4. The average Bonchev–Trinajstić information content (AvgIpc) is 2.24. The molecule has 0 aliphatic carbocycles. The number of ether oxygens (including phenoxy) is 1. The number of benzene rings is 1. The summed E-state index contributed by atoms with van der Waals surface area (Å²) in [4.78, 5) is 20.5. The van der Waals surface area contributed by atoms with E-state index in [0.717, 1.165) is 12.1 Å². The lowest BCUT2D eigenvalue weighted by Crippen LogP contribution is -2.20. The van der Waals surface area contributed by atoms with Gasteiger partial charge in [-0.25, -0.2) is 4.79 Å². The molecule has 1 rings (SSSR count). The van der Waals surface area contributed by atoms with Crippen molar-refractivity contribution in [3.05, 3.63) is 32.3 Å². The lowest BCUT2D eigenvalue weighted by molar-refractivity contribution is -0.386. The van der Waals surface area contributed by atoms with Crippen LogP contribution in [0.5, 0.6) is 5.75 Å². The highest BCUT2D eigenvalue weighted by Gasteiger charge is 2.33. The van der Waals surface area contributed by atoms with Crippen molar-refractivity contribution >= 4 is 27.6 Å². The lowest BCUT2D eigenvalue weighted by atomic mass is 10.1. The third-order valence-corrected chi connectivity index (χ3v) is 2.50. The molecule has 0 amide bonds. The number of rotatable bonds is 4. The summed E-state index contributed by atoms with van der Waals surface area (Å²) in [7, 11) is 0. The van der Waals surface area contributed by atoms with Gasteiger partial charge in [0.05, 0.1) is 9.40 Å². The molecular weight excluding hydrogens is 339 g/mol. The molecule has 0 aliphatic heterocycles. The van der Waals surface area contributed by atoms with Gasteiger partial charge >= 0.3 is 17.8 Å². The minimum atomic E-state index is -4.70. The van der Waals surface area contributed by atoms with Gasteiger partial charge < -0.3 is 9.84 Å². The predicted octanol–water partition coefficient (Wildman–Crippen LogP) is 3.00. The van der Waals surface area contributed by atoms with Crippen molar-refractivity contribution in [3.8, 4) is 5.75 Å². The maximum absolute atomic E-state index is 12.0. The van der Waals surface area contributed by atoms with Crippen LogP contribution in [0.4, 0.5) is 18.9 Å². The summed E-state index contributed by atoms with van der Waals surface area (Å²) in [5.41, 5.74) is -1.79. The van der Waals surface area contributed by atoms with Gasteiger partial charge in [-0.1, -0.05) is 0 Å². The molecule has 1 aromatic carbocycles. The summed E-state index contributed by atoms with van der Waals surface area (Å²) >= 11 is 2.78. The molecule has 1 N–H and O–H groups in total. The first-order chi connectivity index (χ1) is 8.63. The monoisotopic (exact) mass is 343 g/mol. The van der Waals surface area contributed by atoms with E-state index in [4.69, 9.17) is 5.11 Å². The molecular formula is C9H5BrF3NO5. The van der Waals surface area contributed by atoms with Gasteiger partial charge in [0, 0.05) is 0 Å². The second-order valence-electron chi connectivity index (χ2n) is 3.24. The molecule has 0 atom stereocenters. The first-order valence-corrected chi connectivity index (χ1v) is 5.32. The zero-order chi connectivity index (χ0) is 14.8. The van der Waals surface area contributed by atoms with Gasteiger partial charge in [0.15, 0.2) is 6.61 Å². The molecule has 10 heteroatoms. The van der Waals surface area contributed by atoms with Crippen LogP contribution >= 0.6 is 15.9 Å². The molecule has 1 aromatic rings. The molecule has 0 spiro atoms. The molecule has 0 fully saturated rings. The zero-order valence-corrected chi connectivity index (χ0v) is 10.5. The Labute approximate surface area is 112 Å². The minimum absolute atomic E-state index is 0.145. The van der Waals surface area contributed by atoms with Crippen LogP contribution in [0.15, 0.2) is 16.6 Å². The molecule has 0 aromatic heterocycles. The zero-order valence-electron chi connectivity index (χ0n) is 8.90. The lowest BCUT2D eigenvalue weighted by Gasteiger charge is -2.11. The standard InChI is InChI=1S/C9H5BrF3NO5/c10-5-2-1-4(8(15)16)6(14(17)18)7(5)19-3-9(11,12)13/h1-2H,3H2,(H,15,16). The second kappa shape index (κ2) is 5.43. The Kier molecular flexibility index (Phi) is 4.35. The molecule has 0 bridgehead atoms. The van der Waals surface area contributed by atoms with Crippen molar-refractivity contribution in [2.24, 2.45) is 0 Å². The highest BCUT2D eigenvalue weighted by molar-refractivity contribution is 9.10. The Bertz CT molecular complexity index is 531. The minimum Gasteiger partial charge on any atom is -0.477 e. The quantitative estimate of drug-likeness (QED) is 0.670. The van der Waals surface area contributed by atoms with Crippen LogP contribution in [0.2, 0.25) is 0 Å². The molecule has 0 unspecified atom stereocenters. The highest BCUT2D eigenvalue weighted by atomic mass is 79.9. The van der Waals surface area contributed by atoms with Crippen molar-refractivity contribution in [2.45, 2.75) is 6.18 Å². The third-order valence-electron chi connectivity index (χ3n) is 1.88. The van der Waals surface area contributed by atoms with Crippen LogP contribution in [0, 0.1) is 10.1 Å². The number of alkyl halides is 3. The van der Waals surface area contributed by atoms with E-state index in [0.29, 0.717) is 0 Å². The van der Waals surface area contributed by atoms with Crippen LogP contribution in [0.1, 0.15) is 10.4 Å². The average molecular weight is 344 g/mol. The Morgan fingerprint density at radius 3 is 2.47 bits per heavy atom. The number of nitrogens with zero attached hydrogens (tertiary/aromatic N) is 1. The summed E-state index contributed by atoms with van der Waals surface area (Å²) in [5, 5.41) is 19.5. The topological polar surface area (TPSA) is 89.7 Å². The number of carbonyl (C=O) groups is 1. The third kappa shape index (κ3) is 3.81. The summed E-state index contributed by atoms with van der Waals surface area (Å²) in [6.45, 7) is -1.77. The Hall–Kier alpha value is -1.84. The van der Waals surface area contributed by atoms with Crippen molar-refractivity contribution in [1.82, 2.24) is 0 Å². The molecule has 0 saturated carbocycles. The van der Waals surface area contributed by atoms with Crippen LogP contribution < -0.4 is 4.74 Å². The normalized spacial score (nSPS) is 11.2. The molecule has 0 saturated heterocycles. The van der Waals surface area contributed by atoms with E-state index < -0.39 is 40.7 Å². The number of hydrogen-bond donors (Lipinski definition) is 1. The van der Waals surface area contributed by atoms with Gasteiger partial charge in [0.1, 0.15) is 5.56 Å². The smallest absolute Gasteiger partial charge is 0.422 e. The van der Waals surface area contributed by atoms with Crippen molar-refractivity contribution in [1.29, 1.82) is 0 Å². The first-order valence-electron chi connectivity index (χ1n) is 4.53. The van der Waals surface area contributed by atoms with Gasteiger partial charge in [-0.3, -0.25) is 10.1 Å². The number of hydrogen-bond acceptors (Lipinski definition) is 4. The number of carboxylic acids is 1. The van der Waals surface area contributed by atoms with E-state index in [-0.39, 0.29) is 4.47 Å². The Balaban J connectivity index is 3.31.